The van der Waals surface area contributed by atoms with Gasteiger partial charge in [0.1, 0.15) is 0 Å². The summed E-state index contributed by atoms with van der Waals surface area (Å²) >= 11 is 0. The van der Waals surface area contributed by atoms with Crippen LogP contribution in [0.4, 0.5) is 13.2 Å². The molecule has 6 nitrogen and oxygen atoms in total. The van der Waals surface area contributed by atoms with Crippen LogP contribution in [0.15, 0.2) is 42.5 Å². The third-order valence-electron chi connectivity index (χ3n) is 3.67. The van der Waals surface area contributed by atoms with E-state index >= 15 is 0 Å². The molecule has 128 valence electrons. The van der Waals surface area contributed by atoms with E-state index < -0.39 is 18.0 Å². The van der Waals surface area contributed by atoms with E-state index in [1.165, 1.54) is 19.1 Å². The standard InChI is InChI=1S/C16H11F3N4O2/c1-9-12(14(24)25)7-11(10-5-3-2-4-6-10)8-13(9)23-15(16(17,18)19)20-21-22-23/h2-8H,1H3,(H,24,25). The maximum atomic E-state index is 13.1. The topological polar surface area (TPSA) is 80.9 Å². The normalized spacial score (nSPS) is 11.5. The fraction of sp³-hybridized carbons (Fsp3) is 0.125. The van der Waals surface area contributed by atoms with E-state index in [0.29, 0.717) is 15.8 Å². The summed E-state index contributed by atoms with van der Waals surface area (Å²) in [7, 11) is 0. The molecule has 0 bridgehead atoms. The van der Waals surface area contributed by atoms with Crippen LogP contribution in [0.1, 0.15) is 21.7 Å². The molecule has 0 unspecified atom stereocenters. The molecule has 0 amide bonds. The molecule has 0 fully saturated rings. The number of halogens is 3. The molecule has 2 aromatic carbocycles. The van der Waals surface area contributed by atoms with E-state index in [-0.39, 0.29) is 16.8 Å². The molecule has 3 aromatic rings. The highest BCUT2D eigenvalue weighted by molar-refractivity contribution is 5.92. The van der Waals surface area contributed by atoms with Crippen molar-refractivity contribution in [2.24, 2.45) is 0 Å². The molecule has 0 saturated heterocycles. The zero-order valence-electron chi connectivity index (χ0n) is 12.8. The predicted octanol–water partition coefficient (Wildman–Crippen LogP) is 3.35. The lowest BCUT2D eigenvalue weighted by Crippen LogP contribution is -2.16. The lowest BCUT2D eigenvalue weighted by Gasteiger charge is -2.14. The number of tetrazole rings is 1. The SMILES string of the molecule is Cc1c(C(=O)O)cc(-c2ccccc2)cc1-n1nnnc1C(F)(F)F. The Balaban J connectivity index is 2.29. The Labute approximate surface area is 139 Å². The van der Waals surface area contributed by atoms with E-state index in [9.17, 15) is 23.1 Å². The van der Waals surface area contributed by atoms with Crippen LogP contribution in [0.5, 0.6) is 0 Å². The summed E-state index contributed by atoms with van der Waals surface area (Å²) in [4.78, 5) is 11.5. The molecule has 25 heavy (non-hydrogen) atoms. The molecule has 1 aromatic heterocycles. The number of hydrogen-bond acceptors (Lipinski definition) is 4. The smallest absolute Gasteiger partial charge is 0.453 e. The molecule has 0 radical (unpaired) electrons. The number of aromatic carboxylic acids is 1. The van der Waals surface area contributed by atoms with Crippen molar-refractivity contribution in [3.63, 3.8) is 0 Å². The van der Waals surface area contributed by atoms with E-state index in [1.54, 1.807) is 30.3 Å². The molecule has 3 rings (SSSR count). The average molecular weight is 348 g/mol. The largest absolute Gasteiger partial charge is 0.478 e. The molecular weight excluding hydrogens is 337 g/mol. The second-order valence-corrected chi connectivity index (χ2v) is 5.25. The minimum Gasteiger partial charge on any atom is -0.478 e. The van der Waals surface area contributed by atoms with Crippen LogP contribution in [0.25, 0.3) is 16.8 Å². The number of rotatable bonds is 3. The maximum absolute atomic E-state index is 13.1. The van der Waals surface area contributed by atoms with Gasteiger partial charge in [0, 0.05) is 0 Å². The van der Waals surface area contributed by atoms with Gasteiger partial charge in [0.25, 0.3) is 5.82 Å². The summed E-state index contributed by atoms with van der Waals surface area (Å²) < 4.78 is 39.8. The Bertz CT molecular complexity index is 936. The van der Waals surface area contributed by atoms with Gasteiger partial charge in [-0.2, -0.15) is 17.9 Å². The highest BCUT2D eigenvalue weighted by atomic mass is 19.4. The van der Waals surface area contributed by atoms with E-state index in [2.05, 4.69) is 15.5 Å². The Kier molecular flexibility index (Phi) is 3.99. The average Bonchev–Trinajstić information content (AvgIpc) is 3.05. The van der Waals surface area contributed by atoms with Gasteiger partial charge in [0.2, 0.25) is 0 Å². The van der Waals surface area contributed by atoms with Gasteiger partial charge in [0.05, 0.1) is 11.3 Å². The van der Waals surface area contributed by atoms with Gasteiger partial charge < -0.3 is 5.11 Å². The molecule has 9 heteroatoms. The number of carboxylic acid groups (broad SMARTS) is 1. The number of hydrogen-bond donors (Lipinski definition) is 1. The van der Waals surface area contributed by atoms with E-state index in [0.717, 1.165) is 0 Å². The summed E-state index contributed by atoms with van der Waals surface area (Å²) in [5, 5.41) is 18.9. The zero-order valence-corrected chi connectivity index (χ0v) is 12.8. The maximum Gasteiger partial charge on any atom is 0.453 e. The Morgan fingerprint density at radius 3 is 2.40 bits per heavy atom. The van der Waals surface area contributed by atoms with Gasteiger partial charge in [-0.3, -0.25) is 0 Å². The first-order chi connectivity index (χ1) is 11.8. The summed E-state index contributed by atoms with van der Waals surface area (Å²) in [6.45, 7) is 1.41. The predicted molar refractivity (Wildman–Crippen MR) is 81.3 cm³/mol. The van der Waals surface area contributed by atoms with Crippen molar-refractivity contribution in [1.29, 1.82) is 0 Å². The Hall–Kier alpha value is -3.23. The van der Waals surface area contributed by atoms with Crippen LogP contribution in [-0.2, 0) is 6.18 Å². The van der Waals surface area contributed by atoms with Crippen molar-refractivity contribution in [2.45, 2.75) is 13.1 Å². The molecule has 0 aliphatic carbocycles. The zero-order chi connectivity index (χ0) is 18.2. The molecular formula is C16H11F3N4O2. The molecule has 0 aliphatic heterocycles. The first-order valence-electron chi connectivity index (χ1n) is 7.08. The highest BCUT2D eigenvalue weighted by Gasteiger charge is 2.39. The second kappa shape index (κ2) is 6.00. The third-order valence-corrected chi connectivity index (χ3v) is 3.67. The van der Waals surface area contributed by atoms with Crippen molar-refractivity contribution < 1.29 is 23.1 Å². The van der Waals surface area contributed by atoms with Crippen molar-refractivity contribution in [3.05, 3.63) is 59.4 Å². The molecule has 1 N–H and O–H groups in total. The van der Waals surface area contributed by atoms with Crippen LogP contribution >= 0.6 is 0 Å². The van der Waals surface area contributed by atoms with Crippen molar-refractivity contribution >= 4 is 5.97 Å². The van der Waals surface area contributed by atoms with Crippen LogP contribution < -0.4 is 0 Å². The number of aromatic nitrogens is 4. The number of alkyl halides is 3. The van der Waals surface area contributed by atoms with Gasteiger partial charge in [-0.25, -0.2) is 4.79 Å². The molecule has 0 saturated carbocycles. The number of carboxylic acids is 1. The van der Waals surface area contributed by atoms with Gasteiger partial charge in [-0.05, 0) is 46.2 Å². The Morgan fingerprint density at radius 1 is 1.12 bits per heavy atom. The third kappa shape index (κ3) is 3.08. The van der Waals surface area contributed by atoms with E-state index in [4.69, 9.17) is 0 Å². The fourth-order valence-electron chi connectivity index (χ4n) is 2.46. The molecule has 0 spiro atoms. The summed E-state index contributed by atoms with van der Waals surface area (Å²) in [5.74, 6) is -2.57. The molecule has 1 heterocycles. The van der Waals surface area contributed by atoms with Crippen LogP contribution in [0.3, 0.4) is 0 Å². The lowest BCUT2D eigenvalue weighted by molar-refractivity contribution is -0.146. The summed E-state index contributed by atoms with van der Waals surface area (Å²) in [6, 6.07) is 11.6. The molecule has 0 atom stereocenters. The Morgan fingerprint density at radius 2 is 1.80 bits per heavy atom. The fourth-order valence-corrected chi connectivity index (χ4v) is 2.46. The second-order valence-electron chi connectivity index (χ2n) is 5.25. The van der Waals surface area contributed by atoms with Crippen molar-refractivity contribution in [3.8, 4) is 16.8 Å². The first-order valence-corrected chi connectivity index (χ1v) is 7.08. The minimum absolute atomic E-state index is 0.0453. The first kappa shape index (κ1) is 16.6. The van der Waals surface area contributed by atoms with Crippen molar-refractivity contribution in [1.82, 2.24) is 20.2 Å². The monoisotopic (exact) mass is 348 g/mol. The van der Waals surface area contributed by atoms with E-state index in [1.807, 2.05) is 0 Å². The molecule has 0 aliphatic rings. The van der Waals surface area contributed by atoms with Gasteiger partial charge in [-0.1, -0.05) is 30.3 Å². The van der Waals surface area contributed by atoms with Crippen LogP contribution in [-0.4, -0.2) is 31.3 Å². The number of benzene rings is 2. The lowest BCUT2D eigenvalue weighted by atomic mass is 9.98. The van der Waals surface area contributed by atoms with Gasteiger partial charge in [-0.15, -0.1) is 5.10 Å². The highest BCUT2D eigenvalue weighted by Crippen LogP contribution is 2.32. The number of carbonyl (C=O) groups is 1. The minimum atomic E-state index is -4.78. The van der Waals surface area contributed by atoms with Gasteiger partial charge in [0.15, 0.2) is 0 Å². The summed E-state index contributed by atoms with van der Waals surface area (Å²) in [5.41, 5.74) is 1.07. The van der Waals surface area contributed by atoms with Crippen LogP contribution in [0.2, 0.25) is 0 Å². The number of nitrogens with zero attached hydrogens (tertiary/aromatic N) is 4. The van der Waals surface area contributed by atoms with Crippen molar-refractivity contribution in [2.75, 3.05) is 0 Å². The quantitative estimate of drug-likeness (QED) is 0.785. The summed E-state index contributed by atoms with van der Waals surface area (Å²) in [6.07, 6.45) is -4.78. The van der Waals surface area contributed by atoms with Crippen LogP contribution in [0, 0.1) is 6.92 Å². The van der Waals surface area contributed by atoms with Gasteiger partial charge >= 0.3 is 12.1 Å².